The zero-order valence-electron chi connectivity index (χ0n) is 17.4. The molecule has 0 atom stereocenters. The summed E-state index contributed by atoms with van der Waals surface area (Å²) in [4.78, 5) is 30.1. The van der Waals surface area contributed by atoms with Crippen LogP contribution in [0.4, 0.5) is 0 Å². The highest BCUT2D eigenvalue weighted by Gasteiger charge is 2.30. The lowest BCUT2D eigenvalue weighted by Gasteiger charge is -2.17. The van der Waals surface area contributed by atoms with Crippen molar-refractivity contribution in [3.63, 3.8) is 0 Å². The third-order valence-corrected chi connectivity index (χ3v) is 5.73. The number of ether oxygens (including phenoxy) is 2. The zero-order chi connectivity index (χ0) is 21.5. The van der Waals surface area contributed by atoms with Gasteiger partial charge in [-0.25, -0.2) is 4.79 Å². The molecule has 0 saturated heterocycles. The van der Waals surface area contributed by atoms with Crippen LogP contribution in [0.25, 0.3) is 27.5 Å². The van der Waals surface area contributed by atoms with Crippen molar-refractivity contribution in [2.45, 2.75) is 25.7 Å². The molecule has 1 aromatic carbocycles. The monoisotopic (exact) mass is 414 g/mol. The van der Waals surface area contributed by atoms with Gasteiger partial charge in [0.1, 0.15) is 5.56 Å². The number of para-hydroxylation sites is 1. The van der Waals surface area contributed by atoms with Gasteiger partial charge in [-0.2, -0.15) is 0 Å². The lowest BCUT2D eigenvalue weighted by atomic mass is 10.0. The first-order chi connectivity index (χ1) is 15.1. The van der Waals surface area contributed by atoms with Crippen LogP contribution in [0.15, 0.2) is 59.7 Å². The molecule has 4 aromatic rings. The highest BCUT2D eigenvalue weighted by atomic mass is 16.5. The molecule has 1 saturated carbocycles. The Bertz CT molecular complexity index is 1390. The number of nitrogens with zero attached hydrogens (tertiary/aromatic N) is 2. The zero-order valence-corrected chi connectivity index (χ0v) is 17.4. The number of esters is 1. The van der Waals surface area contributed by atoms with E-state index in [0.29, 0.717) is 17.2 Å². The van der Waals surface area contributed by atoms with Crippen molar-refractivity contribution in [1.82, 2.24) is 9.38 Å². The van der Waals surface area contributed by atoms with Crippen molar-refractivity contribution in [1.29, 1.82) is 0 Å². The summed E-state index contributed by atoms with van der Waals surface area (Å²) in [5, 5.41) is 1.03. The lowest BCUT2D eigenvalue weighted by Crippen LogP contribution is -2.24. The fourth-order valence-electron chi connectivity index (χ4n) is 4.10. The Morgan fingerprint density at radius 2 is 2.00 bits per heavy atom. The average molecular weight is 414 g/mol. The molecule has 31 heavy (non-hydrogen) atoms. The minimum atomic E-state index is -0.592. The standard InChI is InChI=1S/C25H22N2O4/c1-3-31-25(29)20-13-19(15-8-9-15)22-23(30-2)18(10-11-27(22)24(20)28)17-12-16-6-4-5-7-21(16)26-14-17/h4-7,10-15H,3,8-9H2,1-2H3. The van der Waals surface area contributed by atoms with Gasteiger partial charge in [-0.15, -0.1) is 0 Å². The maximum Gasteiger partial charge on any atom is 0.343 e. The molecule has 6 nitrogen and oxygen atoms in total. The van der Waals surface area contributed by atoms with Gasteiger partial charge in [0.15, 0.2) is 5.75 Å². The molecule has 0 N–H and O–H groups in total. The molecule has 3 aromatic heterocycles. The van der Waals surface area contributed by atoms with E-state index >= 15 is 0 Å². The van der Waals surface area contributed by atoms with E-state index in [9.17, 15) is 9.59 Å². The van der Waals surface area contributed by atoms with Gasteiger partial charge in [0, 0.05) is 28.9 Å². The Kier molecular flexibility index (Phi) is 4.70. The van der Waals surface area contributed by atoms with Crippen LogP contribution in [0.3, 0.4) is 0 Å². The molecule has 1 aliphatic rings. The number of fused-ring (bicyclic) bond motifs is 2. The maximum absolute atomic E-state index is 13.1. The lowest BCUT2D eigenvalue weighted by molar-refractivity contribution is 0.0524. The van der Waals surface area contributed by atoms with Gasteiger partial charge in [-0.3, -0.25) is 14.2 Å². The first kappa shape index (κ1) is 19.3. The van der Waals surface area contributed by atoms with Crippen LogP contribution in [0.1, 0.15) is 41.6 Å². The van der Waals surface area contributed by atoms with E-state index in [0.717, 1.165) is 40.4 Å². The predicted molar refractivity (Wildman–Crippen MR) is 119 cm³/mol. The van der Waals surface area contributed by atoms with Gasteiger partial charge >= 0.3 is 5.97 Å². The quantitative estimate of drug-likeness (QED) is 0.447. The summed E-state index contributed by atoms with van der Waals surface area (Å²) in [6, 6.07) is 13.5. The molecular weight excluding hydrogens is 392 g/mol. The normalized spacial score (nSPS) is 13.5. The van der Waals surface area contributed by atoms with Gasteiger partial charge in [0.25, 0.3) is 5.56 Å². The van der Waals surface area contributed by atoms with E-state index in [-0.39, 0.29) is 12.2 Å². The fraction of sp³-hybridized carbons (Fsp3) is 0.240. The maximum atomic E-state index is 13.1. The van der Waals surface area contributed by atoms with Crippen LogP contribution in [-0.4, -0.2) is 29.1 Å². The van der Waals surface area contributed by atoms with Crippen LogP contribution in [0.5, 0.6) is 5.75 Å². The number of carbonyl (C=O) groups is 1. The number of methoxy groups -OCH3 is 1. The van der Waals surface area contributed by atoms with Crippen molar-refractivity contribution >= 4 is 22.4 Å². The van der Waals surface area contributed by atoms with Gasteiger partial charge < -0.3 is 9.47 Å². The molecule has 3 heterocycles. The highest BCUT2D eigenvalue weighted by Crippen LogP contribution is 2.45. The molecule has 6 heteroatoms. The van der Waals surface area contributed by atoms with Crippen molar-refractivity contribution < 1.29 is 14.3 Å². The van der Waals surface area contributed by atoms with Crippen molar-refractivity contribution in [2.75, 3.05) is 13.7 Å². The molecule has 156 valence electrons. The van der Waals surface area contributed by atoms with Crippen molar-refractivity contribution in [3.05, 3.63) is 76.3 Å². The van der Waals surface area contributed by atoms with Gasteiger partial charge in [-0.1, -0.05) is 18.2 Å². The number of benzene rings is 1. The van der Waals surface area contributed by atoms with Crippen LogP contribution >= 0.6 is 0 Å². The highest BCUT2D eigenvalue weighted by molar-refractivity contribution is 5.92. The molecule has 5 rings (SSSR count). The summed E-state index contributed by atoms with van der Waals surface area (Å²) >= 11 is 0. The smallest absolute Gasteiger partial charge is 0.343 e. The Balaban J connectivity index is 1.78. The van der Waals surface area contributed by atoms with Crippen LogP contribution < -0.4 is 10.3 Å². The summed E-state index contributed by atoms with van der Waals surface area (Å²) in [5.41, 5.74) is 3.97. The Labute approximate surface area is 179 Å². The predicted octanol–water partition coefficient (Wildman–Crippen LogP) is 4.58. The van der Waals surface area contributed by atoms with Crippen molar-refractivity contribution in [2.24, 2.45) is 0 Å². The first-order valence-electron chi connectivity index (χ1n) is 10.4. The third-order valence-electron chi connectivity index (χ3n) is 5.73. The fourth-order valence-corrected chi connectivity index (χ4v) is 4.10. The Morgan fingerprint density at radius 3 is 2.74 bits per heavy atom. The van der Waals surface area contributed by atoms with E-state index in [1.165, 1.54) is 4.40 Å². The number of rotatable bonds is 5. The van der Waals surface area contributed by atoms with E-state index in [1.54, 1.807) is 26.3 Å². The van der Waals surface area contributed by atoms with Gasteiger partial charge in [0.2, 0.25) is 0 Å². The molecule has 1 fully saturated rings. The molecule has 0 radical (unpaired) electrons. The molecule has 1 aliphatic carbocycles. The second-order valence-corrected chi connectivity index (χ2v) is 7.71. The summed E-state index contributed by atoms with van der Waals surface area (Å²) < 4.78 is 12.5. The topological polar surface area (TPSA) is 69.9 Å². The first-order valence-corrected chi connectivity index (χ1v) is 10.4. The van der Waals surface area contributed by atoms with Crippen LogP contribution in [0, 0.1) is 0 Å². The Hall–Kier alpha value is -3.67. The number of hydrogen-bond donors (Lipinski definition) is 0. The van der Waals surface area contributed by atoms with Crippen molar-refractivity contribution in [3.8, 4) is 16.9 Å². The van der Waals surface area contributed by atoms with E-state index in [1.807, 2.05) is 36.5 Å². The minimum Gasteiger partial charge on any atom is -0.494 e. The number of pyridine rings is 3. The molecule has 0 unspecified atom stereocenters. The molecule has 0 bridgehead atoms. The summed E-state index contributed by atoms with van der Waals surface area (Å²) in [6.07, 6.45) is 5.56. The van der Waals surface area contributed by atoms with Crippen LogP contribution in [0.2, 0.25) is 0 Å². The summed E-state index contributed by atoms with van der Waals surface area (Å²) in [6.45, 7) is 1.95. The van der Waals surface area contributed by atoms with Gasteiger partial charge in [0.05, 0.1) is 24.8 Å². The van der Waals surface area contributed by atoms with E-state index in [2.05, 4.69) is 11.1 Å². The van der Waals surface area contributed by atoms with Crippen LogP contribution in [-0.2, 0) is 4.74 Å². The minimum absolute atomic E-state index is 0.0587. The van der Waals surface area contributed by atoms with E-state index < -0.39 is 11.5 Å². The van der Waals surface area contributed by atoms with E-state index in [4.69, 9.17) is 9.47 Å². The molecule has 0 spiro atoms. The summed E-state index contributed by atoms with van der Waals surface area (Å²) in [7, 11) is 1.60. The average Bonchev–Trinajstić information content (AvgIpc) is 3.63. The molecule has 0 aliphatic heterocycles. The largest absolute Gasteiger partial charge is 0.494 e. The molecule has 0 amide bonds. The number of aromatic nitrogens is 2. The SMILES string of the molecule is CCOC(=O)c1cc(C2CC2)c2c(OC)c(-c3cnc4ccccc4c3)ccn2c1=O. The second-order valence-electron chi connectivity index (χ2n) is 7.71. The number of hydrogen-bond acceptors (Lipinski definition) is 5. The summed E-state index contributed by atoms with van der Waals surface area (Å²) in [5.74, 6) is 0.308. The van der Waals surface area contributed by atoms with Gasteiger partial charge in [-0.05, 0) is 55.5 Å². The third kappa shape index (κ3) is 3.24. The molecular formula is C25H22N2O4. The number of carbonyl (C=O) groups excluding carboxylic acids is 1. The second kappa shape index (κ2) is 7.54. The Morgan fingerprint density at radius 1 is 1.19 bits per heavy atom.